The van der Waals surface area contributed by atoms with E-state index in [0.29, 0.717) is 12.6 Å². The highest BCUT2D eigenvalue weighted by Gasteiger charge is 2.37. The van der Waals surface area contributed by atoms with Crippen molar-refractivity contribution in [3.63, 3.8) is 0 Å². The average Bonchev–Trinajstić information content (AvgIpc) is 3.70. The van der Waals surface area contributed by atoms with Gasteiger partial charge in [-0.25, -0.2) is 9.79 Å². The lowest BCUT2D eigenvalue weighted by atomic mass is 9.68. The largest absolute Gasteiger partial charge is 0.493 e. The van der Waals surface area contributed by atoms with Gasteiger partial charge in [0, 0.05) is 13.0 Å². The number of hydrogen-bond acceptors (Lipinski definition) is 8. The number of aliphatic imine (C=N–C) groups is 1. The molecule has 0 radical (unpaired) electrons. The molecule has 0 unspecified atom stereocenters. The van der Waals surface area contributed by atoms with Crippen molar-refractivity contribution in [2.75, 3.05) is 18.8 Å². The first-order chi connectivity index (χ1) is 19.6. The quantitative estimate of drug-likeness (QED) is 0.373. The number of amides is 1. The van der Waals surface area contributed by atoms with Crippen molar-refractivity contribution in [1.82, 2.24) is 5.32 Å². The number of benzene rings is 1. The fraction of sp³-hybridized carbons (Fsp3) is 0.562. The zero-order valence-corrected chi connectivity index (χ0v) is 25.6. The van der Waals surface area contributed by atoms with E-state index in [0.717, 1.165) is 65.5 Å². The van der Waals surface area contributed by atoms with Crippen LogP contribution in [0.5, 0.6) is 11.5 Å². The van der Waals surface area contributed by atoms with Gasteiger partial charge in [0.25, 0.3) is 0 Å². The minimum Gasteiger partial charge on any atom is -0.493 e. The van der Waals surface area contributed by atoms with E-state index in [1.807, 2.05) is 45.9 Å². The van der Waals surface area contributed by atoms with E-state index in [1.165, 1.54) is 12.8 Å². The predicted octanol–water partition coefficient (Wildman–Crippen LogP) is 6.96. The molecule has 3 aliphatic rings. The monoisotopic (exact) mass is 579 g/mol. The van der Waals surface area contributed by atoms with Crippen LogP contribution in [-0.2, 0) is 15.0 Å². The number of nitrogens with one attached hydrogen (secondary N) is 1. The van der Waals surface area contributed by atoms with E-state index in [9.17, 15) is 4.79 Å². The predicted molar refractivity (Wildman–Crippen MR) is 162 cm³/mol. The van der Waals surface area contributed by atoms with Crippen LogP contribution in [0.25, 0.3) is 0 Å². The van der Waals surface area contributed by atoms with Crippen LogP contribution in [0.4, 0.5) is 9.80 Å². The SMILES string of the molecule is COc1ccc(C2(C#Cc3ccc(N4CN=C(C)O4)s3)CCC(NC(=O)OC(C)(C)C)CC2)cc1OC1CCCC1. The van der Waals surface area contributed by atoms with Crippen LogP contribution in [0, 0.1) is 11.8 Å². The number of anilines is 1. The molecule has 1 amide bonds. The van der Waals surface area contributed by atoms with E-state index in [4.69, 9.17) is 19.0 Å². The van der Waals surface area contributed by atoms with Gasteiger partial charge in [-0.1, -0.05) is 17.9 Å². The highest BCUT2D eigenvalue weighted by molar-refractivity contribution is 7.16. The van der Waals surface area contributed by atoms with Crippen LogP contribution in [-0.4, -0.2) is 43.5 Å². The summed E-state index contributed by atoms with van der Waals surface area (Å²) in [5.41, 5.74) is 0.204. The van der Waals surface area contributed by atoms with E-state index < -0.39 is 5.60 Å². The summed E-state index contributed by atoms with van der Waals surface area (Å²) in [6, 6.07) is 10.4. The molecule has 1 N–H and O–H groups in total. The second-order valence-electron chi connectivity index (χ2n) is 12.1. The summed E-state index contributed by atoms with van der Waals surface area (Å²) in [5.74, 6) is 9.36. The fourth-order valence-corrected chi connectivity index (χ4v) is 6.47. The second-order valence-corrected chi connectivity index (χ2v) is 13.1. The number of hydrogen-bond donors (Lipinski definition) is 1. The number of carbonyl (C=O) groups is 1. The maximum Gasteiger partial charge on any atom is 0.407 e. The Labute approximate surface area is 247 Å². The molecule has 2 aliphatic carbocycles. The van der Waals surface area contributed by atoms with Crippen LogP contribution in [0.15, 0.2) is 35.3 Å². The molecule has 2 saturated carbocycles. The van der Waals surface area contributed by atoms with Crippen molar-refractivity contribution in [2.45, 2.75) is 102 Å². The van der Waals surface area contributed by atoms with Gasteiger partial charge in [-0.3, -0.25) is 0 Å². The van der Waals surface area contributed by atoms with Gasteiger partial charge in [-0.05, 0) is 102 Å². The van der Waals surface area contributed by atoms with Crippen LogP contribution in [0.2, 0.25) is 0 Å². The molecule has 220 valence electrons. The van der Waals surface area contributed by atoms with Crippen molar-refractivity contribution >= 4 is 28.3 Å². The molecule has 0 atom stereocenters. The molecule has 1 aliphatic heterocycles. The summed E-state index contributed by atoms with van der Waals surface area (Å²) in [6.07, 6.45) is 7.60. The number of nitrogens with zero attached hydrogens (tertiary/aromatic N) is 2. The van der Waals surface area contributed by atoms with Crippen LogP contribution in [0.1, 0.15) is 89.5 Å². The lowest BCUT2D eigenvalue weighted by molar-refractivity contribution is 0.0487. The van der Waals surface area contributed by atoms with E-state index >= 15 is 0 Å². The molecule has 1 aromatic carbocycles. The highest BCUT2D eigenvalue weighted by Crippen LogP contribution is 2.43. The molecule has 2 fully saturated rings. The third-order valence-electron chi connectivity index (χ3n) is 7.80. The number of ether oxygens (including phenoxy) is 3. The summed E-state index contributed by atoms with van der Waals surface area (Å²) in [6.45, 7) is 7.98. The first kappa shape index (κ1) is 29.1. The molecule has 0 saturated heterocycles. The Balaban J connectivity index is 1.40. The first-order valence-electron chi connectivity index (χ1n) is 14.6. The summed E-state index contributed by atoms with van der Waals surface area (Å²) in [7, 11) is 1.69. The molecule has 1 aromatic heterocycles. The summed E-state index contributed by atoms with van der Waals surface area (Å²) in [4.78, 5) is 23.4. The lowest BCUT2D eigenvalue weighted by Crippen LogP contribution is -2.43. The topological polar surface area (TPSA) is 81.6 Å². The van der Waals surface area contributed by atoms with Gasteiger partial charge in [0.05, 0.1) is 23.5 Å². The second kappa shape index (κ2) is 12.2. The summed E-state index contributed by atoms with van der Waals surface area (Å²) >= 11 is 1.60. The maximum atomic E-state index is 12.5. The molecule has 0 spiro atoms. The van der Waals surface area contributed by atoms with Crippen LogP contribution >= 0.6 is 11.3 Å². The number of carbonyl (C=O) groups excluding carboxylic acids is 1. The molecule has 8 nitrogen and oxygen atoms in total. The molecular formula is C32H41N3O5S. The van der Waals surface area contributed by atoms with E-state index in [1.54, 1.807) is 23.5 Å². The Hall–Kier alpha value is -3.38. The van der Waals surface area contributed by atoms with Crippen LogP contribution < -0.4 is 19.9 Å². The van der Waals surface area contributed by atoms with Gasteiger partial charge >= 0.3 is 6.09 Å². The minimum absolute atomic E-state index is 0.0381. The van der Waals surface area contributed by atoms with Crippen molar-refractivity contribution in [3.8, 4) is 23.3 Å². The Bertz CT molecular complexity index is 1320. The third-order valence-corrected chi connectivity index (χ3v) is 8.81. The summed E-state index contributed by atoms with van der Waals surface area (Å²) in [5, 5.41) is 5.83. The van der Waals surface area contributed by atoms with Gasteiger partial charge in [0.15, 0.2) is 18.2 Å². The molecule has 2 heterocycles. The minimum atomic E-state index is -0.530. The van der Waals surface area contributed by atoms with Gasteiger partial charge in [-0.2, -0.15) is 5.06 Å². The normalized spacial score (nSPS) is 22.8. The maximum absolute atomic E-state index is 12.5. The fourth-order valence-electron chi connectivity index (χ4n) is 5.67. The number of thiophene rings is 1. The Morgan fingerprint density at radius 3 is 2.54 bits per heavy atom. The molecule has 5 rings (SSSR count). The molecule has 41 heavy (non-hydrogen) atoms. The smallest absolute Gasteiger partial charge is 0.407 e. The standard InChI is InChI=1S/C32H41N3O5S/c1-22-33-21-35(40-22)29-13-11-26(41-29)16-19-32(17-14-24(15-18-32)34-30(36)39-31(2,3)4)23-10-12-27(37-5)28(20-23)38-25-8-6-7-9-25/h10-13,20,24-25H,6-9,14-15,17-18,21H2,1-5H3,(H,34,36). The first-order valence-corrected chi connectivity index (χ1v) is 15.4. The lowest BCUT2D eigenvalue weighted by Gasteiger charge is -2.37. The zero-order valence-electron chi connectivity index (χ0n) is 24.7. The van der Waals surface area contributed by atoms with E-state index in [-0.39, 0.29) is 23.7 Å². The van der Waals surface area contributed by atoms with Gasteiger partial charge in [0.1, 0.15) is 10.6 Å². The molecular weight excluding hydrogens is 538 g/mol. The number of alkyl carbamates (subject to hydrolysis) is 1. The van der Waals surface area contributed by atoms with Crippen molar-refractivity contribution in [2.24, 2.45) is 4.99 Å². The molecule has 2 aromatic rings. The van der Waals surface area contributed by atoms with Crippen molar-refractivity contribution in [3.05, 3.63) is 40.8 Å². The van der Waals surface area contributed by atoms with Crippen LogP contribution in [0.3, 0.4) is 0 Å². The average molecular weight is 580 g/mol. The van der Waals surface area contributed by atoms with E-state index in [2.05, 4.69) is 34.3 Å². The Kier molecular flexibility index (Phi) is 8.69. The Morgan fingerprint density at radius 2 is 1.88 bits per heavy atom. The summed E-state index contributed by atoms with van der Waals surface area (Å²) < 4.78 is 17.6. The zero-order chi connectivity index (χ0) is 29.0. The number of rotatable bonds is 6. The molecule has 9 heteroatoms. The highest BCUT2D eigenvalue weighted by atomic mass is 32.1. The third kappa shape index (κ3) is 7.28. The Morgan fingerprint density at radius 1 is 1.12 bits per heavy atom. The molecule has 0 bridgehead atoms. The van der Waals surface area contributed by atoms with Gasteiger partial charge in [0.2, 0.25) is 5.90 Å². The number of methoxy groups -OCH3 is 1. The van der Waals surface area contributed by atoms with Crippen molar-refractivity contribution in [1.29, 1.82) is 0 Å². The van der Waals surface area contributed by atoms with Crippen molar-refractivity contribution < 1.29 is 23.8 Å². The number of hydroxylamine groups is 1. The van der Waals surface area contributed by atoms with Gasteiger partial charge < -0.3 is 24.4 Å². The van der Waals surface area contributed by atoms with Gasteiger partial charge in [-0.15, -0.1) is 11.3 Å².